The van der Waals surface area contributed by atoms with E-state index in [1.54, 1.807) is 30.0 Å². The molecule has 0 spiro atoms. The number of nitrogens with one attached hydrogen (secondary N) is 1. The second kappa shape index (κ2) is 10.7. The maximum Gasteiger partial charge on any atom is 0.292 e. The van der Waals surface area contributed by atoms with Crippen molar-refractivity contribution in [3.8, 4) is 0 Å². The Morgan fingerprint density at radius 2 is 1.61 bits per heavy atom. The predicted molar refractivity (Wildman–Crippen MR) is 136 cm³/mol. The molecule has 8 heteroatoms. The third kappa shape index (κ3) is 4.60. The zero-order chi connectivity index (χ0) is 25.7. The topological polar surface area (TPSA) is 88.2 Å². The van der Waals surface area contributed by atoms with Gasteiger partial charge in [0.1, 0.15) is 6.04 Å². The summed E-state index contributed by atoms with van der Waals surface area (Å²) in [5, 5.41) is 2.86. The molecular formula is C28H29N3O5. The SMILES string of the molecule is COC1(OC)C(=O)N(Cc2ccccc2)c2ccc(N(C=O)C(C)C(=O)NCc3ccccc3)cc21. The minimum Gasteiger partial charge on any atom is -0.350 e. The van der Waals surface area contributed by atoms with E-state index in [1.165, 1.54) is 19.1 Å². The standard InChI is InChI=1S/C28H29N3O5/c1-20(26(33)29-17-21-10-6-4-7-11-21)31(19-32)23-14-15-25-24(16-23)28(35-2,36-3)27(34)30(25)18-22-12-8-5-9-13-22/h4-16,19-20H,17-18H2,1-3H3,(H,29,33). The number of fused-ring (bicyclic) bond motifs is 1. The number of ether oxygens (including phenoxy) is 2. The van der Waals surface area contributed by atoms with Crippen LogP contribution in [0.5, 0.6) is 0 Å². The lowest BCUT2D eigenvalue weighted by Crippen LogP contribution is -2.45. The van der Waals surface area contributed by atoms with Crippen LogP contribution >= 0.6 is 0 Å². The number of carbonyl (C=O) groups is 3. The molecule has 0 fully saturated rings. The van der Waals surface area contributed by atoms with Crippen LogP contribution in [-0.4, -0.2) is 38.5 Å². The number of carbonyl (C=O) groups excluding carboxylic acids is 3. The molecule has 8 nitrogen and oxygen atoms in total. The Morgan fingerprint density at radius 3 is 2.19 bits per heavy atom. The minimum atomic E-state index is -1.66. The van der Waals surface area contributed by atoms with Gasteiger partial charge in [0.05, 0.1) is 12.2 Å². The molecule has 1 N–H and O–H groups in total. The van der Waals surface area contributed by atoms with Gasteiger partial charge in [0.25, 0.3) is 11.7 Å². The van der Waals surface area contributed by atoms with E-state index >= 15 is 0 Å². The molecule has 0 aromatic heterocycles. The Labute approximate surface area is 210 Å². The molecule has 3 amide bonds. The first-order chi connectivity index (χ1) is 17.4. The first-order valence-electron chi connectivity index (χ1n) is 11.6. The van der Waals surface area contributed by atoms with Crippen molar-refractivity contribution in [3.05, 3.63) is 95.6 Å². The van der Waals surface area contributed by atoms with Crippen molar-refractivity contribution in [2.75, 3.05) is 24.0 Å². The van der Waals surface area contributed by atoms with Gasteiger partial charge in [-0.15, -0.1) is 0 Å². The summed E-state index contributed by atoms with van der Waals surface area (Å²) < 4.78 is 11.2. The molecule has 36 heavy (non-hydrogen) atoms. The van der Waals surface area contributed by atoms with E-state index in [-0.39, 0.29) is 11.8 Å². The van der Waals surface area contributed by atoms with Gasteiger partial charge < -0.3 is 24.6 Å². The second-order valence-corrected chi connectivity index (χ2v) is 8.50. The summed E-state index contributed by atoms with van der Waals surface area (Å²) >= 11 is 0. The molecule has 3 aromatic carbocycles. The van der Waals surface area contributed by atoms with Gasteiger partial charge in [-0.3, -0.25) is 14.4 Å². The summed E-state index contributed by atoms with van der Waals surface area (Å²) in [4.78, 5) is 41.4. The van der Waals surface area contributed by atoms with Crippen LogP contribution in [0.3, 0.4) is 0 Å². The van der Waals surface area contributed by atoms with E-state index in [4.69, 9.17) is 9.47 Å². The predicted octanol–water partition coefficient (Wildman–Crippen LogP) is 3.35. The lowest BCUT2D eigenvalue weighted by molar-refractivity contribution is -0.209. The molecule has 4 rings (SSSR count). The molecule has 0 aliphatic carbocycles. The molecule has 0 bridgehead atoms. The zero-order valence-corrected chi connectivity index (χ0v) is 20.5. The fourth-order valence-corrected chi connectivity index (χ4v) is 4.42. The van der Waals surface area contributed by atoms with Crippen molar-refractivity contribution in [2.24, 2.45) is 0 Å². The van der Waals surface area contributed by atoms with Crippen molar-refractivity contribution in [2.45, 2.75) is 31.8 Å². The monoisotopic (exact) mass is 487 g/mol. The van der Waals surface area contributed by atoms with E-state index in [0.29, 0.717) is 36.4 Å². The molecule has 1 unspecified atom stereocenters. The lowest BCUT2D eigenvalue weighted by Gasteiger charge is -2.27. The van der Waals surface area contributed by atoms with Gasteiger partial charge in [-0.05, 0) is 36.2 Å². The van der Waals surface area contributed by atoms with Crippen LogP contribution in [0.1, 0.15) is 23.6 Å². The van der Waals surface area contributed by atoms with E-state index in [1.807, 2.05) is 60.7 Å². The van der Waals surface area contributed by atoms with Gasteiger partial charge in [0, 0.05) is 32.0 Å². The molecule has 0 saturated heterocycles. The molecule has 1 aliphatic rings. The fraction of sp³-hybridized carbons (Fsp3) is 0.250. The maximum atomic E-state index is 13.5. The average molecular weight is 488 g/mol. The highest BCUT2D eigenvalue weighted by Gasteiger charge is 2.53. The third-order valence-electron chi connectivity index (χ3n) is 6.43. The number of nitrogens with zero attached hydrogens (tertiary/aromatic N) is 2. The van der Waals surface area contributed by atoms with Crippen LogP contribution in [0.4, 0.5) is 11.4 Å². The number of methoxy groups -OCH3 is 2. The second-order valence-electron chi connectivity index (χ2n) is 8.50. The summed E-state index contributed by atoms with van der Waals surface area (Å²) in [7, 11) is 2.81. The van der Waals surface area contributed by atoms with Gasteiger partial charge in [-0.2, -0.15) is 0 Å². The van der Waals surface area contributed by atoms with Crippen LogP contribution in [0.15, 0.2) is 78.9 Å². The lowest BCUT2D eigenvalue weighted by atomic mass is 10.0. The molecular weight excluding hydrogens is 458 g/mol. The quantitative estimate of drug-likeness (QED) is 0.350. The molecule has 0 saturated carbocycles. The number of hydrogen-bond donors (Lipinski definition) is 1. The number of amides is 3. The largest absolute Gasteiger partial charge is 0.350 e. The van der Waals surface area contributed by atoms with E-state index < -0.39 is 11.8 Å². The molecule has 3 aromatic rings. The van der Waals surface area contributed by atoms with Crippen molar-refractivity contribution in [1.29, 1.82) is 0 Å². The van der Waals surface area contributed by atoms with E-state index in [2.05, 4.69) is 5.32 Å². The van der Waals surface area contributed by atoms with Gasteiger partial charge in [-0.1, -0.05) is 60.7 Å². The Morgan fingerprint density at radius 1 is 1.00 bits per heavy atom. The number of benzene rings is 3. The first kappa shape index (κ1) is 25.1. The molecule has 0 radical (unpaired) electrons. The zero-order valence-electron chi connectivity index (χ0n) is 20.5. The highest BCUT2D eigenvalue weighted by Crippen LogP contribution is 2.45. The van der Waals surface area contributed by atoms with Crippen LogP contribution in [0, 0.1) is 0 Å². The molecule has 186 valence electrons. The normalized spacial score (nSPS) is 14.8. The summed E-state index contributed by atoms with van der Waals surface area (Å²) in [6.07, 6.45) is 0.605. The Balaban J connectivity index is 1.62. The summed E-state index contributed by atoms with van der Waals surface area (Å²) in [6, 6.07) is 23.5. The van der Waals surface area contributed by atoms with Gasteiger partial charge in [0.2, 0.25) is 12.3 Å². The van der Waals surface area contributed by atoms with Gasteiger partial charge in [0.15, 0.2) is 0 Å². The van der Waals surface area contributed by atoms with Gasteiger partial charge >= 0.3 is 0 Å². The average Bonchev–Trinajstić information content (AvgIpc) is 3.15. The maximum absolute atomic E-state index is 13.5. The summed E-state index contributed by atoms with van der Waals surface area (Å²) in [6.45, 7) is 2.32. The van der Waals surface area contributed by atoms with Crippen molar-refractivity contribution < 1.29 is 23.9 Å². The first-order valence-corrected chi connectivity index (χ1v) is 11.6. The van der Waals surface area contributed by atoms with Crippen molar-refractivity contribution in [1.82, 2.24) is 5.32 Å². The fourth-order valence-electron chi connectivity index (χ4n) is 4.42. The summed E-state index contributed by atoms with van der Waals surface area (Å²) in [5.41, 5.74) is 3.43. The number of anilines is 2. The molecule has 1 atom stereocenters. The molecule has 1 aliphatic heterocycles. The number of hydrogen-bond acceptors (Lipinski definition) is 5. The highest BCUT2D eigenvalue weighted by atomic mass is 16.7. The third-order valence-corrected chi connectivity index (χ3v) is 6.43. The Hall–Kier alpha value is -4.01. The number of rotatable bonds is 10. The van der Waals surface area contributed by atoms with Crippen LogP contribution in [0.2, 0.25) is 0 Å². The Kier molecular flexibility index (Phi) is 7.47. The van der Waals surface area contributed by atoms with Crippen LogP contribution in [-0.2, 0) is 42.7 Å². The minimum absolute atomic E-state index is 0.307. The van der Waals surface area contributed by atoms with Crippen LogP contribution in [0.25, 0.3) is 0 Å². The smallest absolute Gasteiger partial charge is 0.292 e. The van der Waals surface area contributed by atoms with Crippen LogP contribution < -0.4 is 15.1 Å². The van der Waals surface area contributed by atoms with E-state index in [9.17, 15) is 14.4 Å². The molecule has 1 heterocycles. The summed E-state index contributed by atoms with van der Waals surface area (Å²) in [5.74, 6) is -2.33. The van der Waals surface area contributed by atoms with Gasteiger partial charge in [-0.25, -0.2) is 0 Å². The Bertz CT molecular complexity index is 1230. The van der Waals surface area contributed by atoms with E-state index in [0.717, 1.165) is 11.1 Å². The van der Waals surface area contributed by atoms with Crippen molar-refractivity contribution in [3.63, 3.8) is 0 Å². The highest BCUT2D eigenvalue weighted by molar-refractivity contribution is 6.06. The van der Waals surface area contributed by atoms with Crippen molar-refractivity contribution >= 4 is 29.6 Å².